The largest absolute Gasteiger partial charge is 0.329 e. The quantitative estimate of drug-likeness (QED) is 0.814. The number of rotatable bonds is 6. The van der Waals surface area contributed by atoms with E-state index >= 15 is 0 Å². The Kier molecular flexibility index (Phi) is 4.32. The van der Waals surface area contributed by atoms with E-state index in [1.54, 1.807) is 16.1 Å². The fourth-order valence-corrected chi connectivity index (χ4v) is 3.24. The topological polar surface area (TPSA) is 61.1 Å². The summed E-state index contributed by atoms with van der Waals surface area (Å²) >= 11 is 0. The first-order valence-corrected chi connectivity index (χ1v) is 8.70. The summed E-state index contributed by atoms with van der Waals surface area (Å²) in [5.74, 6) is 0.278. The van der Waals surface area contributed by atoms with Crippen molar-refractivity contribution in [3.05, 3.63) is 34.7 Å². The average molecular weight is 296 g/mol. The summed E-state index contributed by atoms with van der Waals surface area (Å²) in [6.45, 7) is 4.62. The van der Waals surface area contributed by atoms with E-state index in [2.05, 4.69) is 0 Å². The van der Waals surface area contributed by atoms with Gasteiger partial charge in [-0.1, -0.05) is 19.1 Å². The van der Waals surface area contributed by atoms with Crippen molar-refractivity contribution < 1.29 is 8.42 Å². The van der Waals surface area contributed by atoms with Crippen molar-refractivity contribution in [1.29, 1.82) is 0 Å². The highest BCUT2D eigenvalue weighted by Crippen LogP contribution is 2.13. The second-order valence-corrected chi connectivity index (χ2v) is 7.23. The molecule has 1 heterocycles. The molecular formula is C14H20N2O3S. The van der Waals surface area contributed by atoms with Crippen LogP contribution in [-0.4, -0.2) is 29.1 Å². The fraction of sp³-hybridized carbons (Fsp3) is 0.500. The predicted octanol–water partition coefficient (Wildman–Crippen LogP) is 1.65. The van der Waals surface area contributed by atoms with Gasteiger partial charge >= 0.3 is 5.69 Å². The Hall–Kier alpha value is -1.56. The van der Waals surface area contributed by atoms with Crippen LogP contribution >= 0.6 is 0 Å². The van der Waals surface area contributed by atoms with Crippen LogP contribution in [0, 0.1) is 0 Å². The highest BCUT2D eigenvalue weighted by molar-refractivity contribution is 7.91. The molecule has 2 rings (SSSR count). The molecule has 0 N–H and O–H groups in total. The zero-order chi connectivity index (χ0) is 14.8. The molecule has 0 atom stereocenters. The molecular weight excluding hydrogens is 276 g/mol. The van der Waals surface area contributed by atoms with Crippen molar-refractivity contribution >= 4 is 20.9 Å². The predicted molar refractivity (Wildman–Crippen MR) is 80.8 cm³/mol. The van der Waals surface area contributed by atoms with Crippen LogP contribution in [0.4, 0.5) is 0 Å². The van der Waals surface area contributed by atoms with E-state index in [4.69, 9.17) is 0 Å². The van der Waals surface area contributed by atoms with Crippen LogP contribution < -0.4 is 5.69 Å². The number of imidazole rings is 1. The minimum atomic E-state index is -2.98. The molecule has 0 fully saturated rings. The molecule has 1 aromatic carbocycles. The fourth-order valence-electron chi connectivity index (χ4n) is 2.38. The van der Waals surface area contributed by atoms with Crippen molar-refractivity contribution in [3.63, 3.8) is 0 Å². The summed E-state index contributed by atoms with van der Waals surface area (Å²) in [6.07, 6.45) is 0.466. The van der Waals surface area contributed by atoms with Gasteiger partial charge in [-0.3, -0.25) is 9.13 Å². The molecule has 0 saturated carbocycles. The maximum absolute atomic E-state index is 12.3. The van der Waals surface area contributed by atoms with Crippen molar-refractivity contribution in [2.45, 2.75) is 33.4 Å². The molecule has 1 aromatic heterocycles. The molecule has 6 heteroatoms. The molecule has 0 aliphatic heterocycles. The van der Waals surface area contributed by atoms with Crippen LogP contribution in [0.2, 0.25) is 0 Å². The molecule has 0 radical (unpaired) electrons. The zero-order valence-corrected chi connectivity index (χ0v) is 12.7. The molecule has 0 bridgehead atoms. The Morgan fingerprint density at radius 1 is 1.05 bits per heavy atom. The third-order valence-electron chi connectivity index (χ3n) is 3.52. The molecule has 5 nitrogen and oxygen atoms in total. The smallest absolute Gasteiger partial charge is 0.292 e. The normalized spacial score (nSPS) is 12.1. The van der Waals surface area contributed by atoms with Crippen molar-refractivity contribution in [2.75, 3.05) is 11.5 Å². The molecule has 0 unspecified atom stereocenters. The van der Waals surface area contributed by atoms with Crippen LogP contribution in [0.15, 0.2) is 29.1 Å². The van der Waals surface area contributed by atoms with E-state index in [1.807, 2.05) is 31.2 Å². The minimum Gasteiger partial charge on any atom is -0.292 e. The van der Waals surface area contributed by atoms with E-state index in [1.165, 1.54) is 0 Å². The van der Waals surface area contributed by atoms with Crippen LogP contribution in [-0.2, 0) is 22.9 Å². The van der Waals surface area contributed by atoms with Crippen LogP contribution in [0.1, 0.15) is 20.3 Å². The van der Waals surface area contributed by atoms with Gasteiger partial charge in [0, 0.05) is 18.8 Å². The molecule has 20 heavy (non-hydrogen) atoms. The lowest BCUT2D eigenvalue weighted by molar-refractivity contribution is 0.583. The van der Waals surface area contributed by atoms with Gasteiger partial charge in [-0.05, 0) is 25.5 Å². The van der Waals surface area contributed by atoms with Gasteiger partial charge in [0.1, 0.15) is 9.84 Å². The van der Waals surface area contributed by atoms with Crippen LogP contribution in [0.25, 0.3) is 11.0 Å². The Balaban J connectivity index is 2.31. The number of sulfone groups is 1. The van der Waals surface area contributed by atoms with E-state index in [-0.39, 0.29) is 17.2 Å². The summed E-state index contributed by atoms with van der Waals surface area (Å²) in [5.41, 5.74) is 1.70. The average Bonchev–Trinajstić information content (AvgIpc) is 2.71. The van der Waals surface area contributed by atoms with Crippen molar-refractivity contribution in [1.82, 2.24) is 9.13 Å². The van der Waals surface area contributed by atoms with E-state index in [0.29, 0.717) is 19.5 Å². The molecule has 0 aliphatic rings. The Morgan fingerprint density at radius 3 is 2.20 bits per heavy atom. The van der Waals surface area contributed by atoms with Gasteiger partial charge in [-0.2, -0.15) is 0 Å². The summed E-state index contributed by atoms with van der Waals surface area (Å²) in [7, 11) is -2.98. The lowest BCUT2D eigenvalue weighted by atomic mass is 10.3. The van der Waals surface area contributed by atoms with Crippen molar-refractivity contribution in [3.8, 4) is 0 Å². The lowest BCUT2D eigenvalue weighted by Gasteiger charge is -2.03. The molecule has 0 saturated heterocycles. The lowest BCUT2D eigenvalue weighted by Crippen LogP contribution is -2.24. The van der Waals surface area contributed by atoms with Gasteiger partial charge in [0.25, 0.3) is 0 Å². The molecule has 0 aliphatic carbocycles. The number of aromatic nitrogens is 2. The third kappa shape index (κ3) is 2.80. The first-order valence-electron chi connectivity index (χ1n) is 6.88. The number of hydrogen-bond acceptors (Lipinski definition) is 3. The van der Waals surface area contributed by atoms with Gasteiger partial charge in [-0.15, -0.1) is 0 Å². The van der Waals surface area contributed by atoms with E-state index < -0.39 is 9.84 Å². The van der Waals surface area contributed by atoms with Crippen LogP contribution in [0.3, 0.4) is 0 Å². The number of aryl methyl sites for hydroxylation is 2. The third-order valence-corrected chi connectivity index (χ3v) is 5.31. The second-order valence-electron chi connectivity index (χ2n) is 4.76. The first-order chi connectivity index (χ1) is 9.50. The Morgan fingerprint density at radius 2 is 1.65 bits per heavy atom. The summed E-state index contributed by atoms with van der Waals surface area (Å²) in [4.78, 5) is 12.3. The Labute approximate surface area is 118 Å². The number of para-hydroxylation sites is 2. The maximum atomic E-state index is 12.3. The Bertz CT molecular complexity index is 756. The van der Waals surface area contributed by atoms with Crippen molar-refractivity contribution in [2.24, 2.45) is 0 Å². The van der Waals surface area contributed by atoms with E-state index in [9.17, 15) is 13.2 Å². The summed E-state index contributed by atoms with van der Waals surface area (Å²) in [6, 6.07) is 7.61. The zero-order valence-electron chi connectivity index (χ0n) is 11.9. The molecule has 0 spiro atoms. The van der Waals surface area contributed by atoms with Gasteiger partial charge in [0.15, 0.2) is 0 Å². The highest BCUT2D eigenvalue weighted by atomic mass is 32.2. The highest BCUT2D eigenvalue weighted by Gasteiger charge is 2.12. The molecule has 2 aromatic rings. The number of nitrogens with zero attached hydrogens (tertiary/aromatic N) is 2. The van der Waals surface area contributed by atoms with Gasteiger partial charge in [0.2, 0.25) is 0 Å². The van der Waals surface area contributed by atoms with E-state index in [0.717, 1.165) is 11.0 Å². The second kappa shape index (κ2) is 5.83. The standard InChI is InChI=1S/C14H20N2O3S/c1-3-15-12-8-5-6-9-13(12)16(14(15)17)10-7-11-20(18,19)4-2/h5-6,8-9H,3-4,7,10-11H2,1-2H3. The first kappa shape index (κ1) is 14.8. The maximum Gasteiger partial charge on any atom is 0.329 e. The van der Waals surface area contributed by atoms with Crippen LogP contribution in [0.5, 0.6) is 0 Å². The molecule has 0 amide bonds. The monoisotopic (exact) mass is 296 g/mol. The number of hydrogen-bond donors (Lipinski definition) is 0. The van der Waals surface area contributed by atoms with Gasteiger partial charge < -0.3 is 0 Å². The van der Waals surface area contributed by atoms with Gasteiger partial charge in [-0.25, -0.2) is 13.2 Å². The number of fused-ring (bicyclic) bond motifs is 1. The minimum absolute atomic E-state index is 0.0670. The SMILES string of the molecule is CCn1c(=O)n(CCCS(=O)(=O)CC)c2ccccc21. The van der Waals surface area contributed by atoms with Gasteiger partial charge in [0.05, 0.1) is 16.8 Å². The summed E-state index contributed by atoms with van der Waals surface area (Å²) < 4.78 is 26.4. The summed E-state index contributed by atoms with van der Waals surface area (Å²) in [5, 5.41) is 0. The molecule has 110 valence electrons. The number of benzene rings is 1.